The van der Waals surface area contributed by atoms with Gasteiger partial charge in [-0.1, -0.05) is 37.6 Å². The SMILES string of the molecule is CCCCn1c(O)c2cccc3c(=C4N=c5ccccc5=N4)ccc(c1=O)c23. The molecule has 0 spiro atoms. The Bertz CT molecular complexity index is 1450. The van der Waals surface area contributed by atoms with Crippen molar-refractivity contribution in [3.8, 4) is 5.88 Å². The Morgan fingerprint density at radius 1 is 0.893 bits per heavy atom. The van der Waals surface area contributed by atoms with Crippen LogP contribution in [-0.4, -0.2) is 9.67 Å². The first-order chi connectivity index (χ1) is 13.7. The van der Waals surface area contributed by atoms with Gasteiger partial charge in [0.2, 0.25) is 5.88 Å². The summed E-state index contributed by atoms with van der Waals surface area (Å²) in [6, 6.07) is 17.2. The van der Waals surface area contributed by atoms with Crippen LogP contribution < -0.4 is 21.5 Å². The number of aromatic nitrogens is 1. The van der Waals surface area contributed by atoms with Gasteiger partial charge in [0.1, 0.15) is 0 Å². The number of hydrogen-bond donors (Lipinski definition) is 1. The minimum Gasteiger partial charge on any atom is -0.494 e. The first-order valence-corrected chi connectivity index (χ1v) is 9.52. The van der Waals surface area contributed by atoms with Gasteiger partial charge in [-0.25, -0.2) is 9.98 Å². The van der Waals surface area contributed by atoms with Gasteiger partial charge < -0.3 is 5.11 Å². The second-order valence-corrected chi connectivity index (χ2v) is 7.06. The average Bonchev–Trinajstić information content (AvgIpc) is 3.15. The number of nitrogens with zero attached hydrogens (tertiary/aromatic N) is 3. The molecular weight excluding hydrogens is 350 g/mol. The molecule has 0 atom stereocenters. The molecule has 5 nitrogen and oxygen atoms in total. The predicted octanol–water partition coefficient (Wildman–Crippen LogP) is 2.40. The summed E-state index contributed by atoms with van der Waals surface area (Å²) in [6.07, 6.45) is 1.79. The lowest BCUT2D eigenvalue weighted by Gasteiger charge is -2.14. The molecule has 0 radical (unpaired) electrons. The van der Waals surface area contributed by atoms with E-state index in [0.29, 0.717) is 23.1 Å². The summed E-state index contributed by atoms with van der Waals surface area (Å²) in [5, 5.41) is 16.3. The number of unbranched alkanes of at least 4 members (excludes halogenated alkanes) is 1. The van der Waals surface area contributed by atoms with Crippen molar-refractivity contribution in [2.75, 3.05) is 0 Å². The highest BCUT2D eigenvalue weighted by atomic mass is 16.3. The topological polar surface area (TPSA) is 66.9 Å². The minimum atomic E-state index is -0.158. The number of hydrogen-bond acceptors (Lipinski definition) is 4. The molecule has 0 saturated heterocycles. The third-order valence-electron chi connectivity index (χ3n) is 5.32. The fraction of sp³-hybridized carbons (Fsp3) is 0.174. The standard InChI is InChI=1S/C23H19N3O2/c1-2-3-13-26-22(27)16-8-6-7-14-15(11-12-17(20(14)16)23(26)28)21-24-18-9-4-5-10-19(18)25-21/h4-12,27H,2-3,13H2,1H3. The number of benzene rings is 3. The Balaban J connectivity index is 1.91. The second kappa shape index (κ2) is 6.30. The van der Waals surface area contributed by atoms with Crippen LogP contribution in [0.4, 0.5) is 0 Å². The van der Waals surface area contributed by atoms with Gasteiger partial charge in [-0.15, -0.1) is 0 Å². The van der Waals surface area contributed by atoms with E-state index in [1.54, 1.807) is 0 Å². The van der Waals surface area contributed by atoms with Crippen LogP contribution in [0.1, 0.15) is 19.8 Å². The summed E-state index contributed by atoms with van der Waals surface area (Å²) in [6.45, 7) is 2.58. The van der Waals surface area contributed by atoms with Crippen LogP contribution in [0, 0.1) is 0 Å². The van der Waals surface area contributed by atoms with E-state index in [-0.39, 0.29) is 11.4 Å². The molecule has 0 fully saturated rings. The number of fused-ring (bicyclic) bond motifs is 1. The van der Waals surface area contributed by atoms with Gasteiger partial charge in [0.25, 0.3) is 5.56 Å². The first kappa shape index (κ1) is 16.7. The molecule has 2 heterocycles. The first-order valence-electron chi connectivity index (χ1n) is 9.52. The van der Waals surface area contributed by atoms with Gasteiger partial charge in [0.15, 0.2) is 5.82 Å². The van der Waals surface area contributed by atoms with Crippen molar-refractivity contribution >= 4 is 27.4 Å². The minimum absolute atomic E-state index is 0.0299. The fourth-order valence-corrected chi connectivity index (χ4v) is 3.90. The zero-order chi connectivity index (χ0) is 19.3. The maximum atomic E-state index is 13.0. The Labute approximate surface area is 160 Å². The van der Waals surface area contributed by atoms with Gasteiger partial charge in [0.05, 0.1) is 10.7 Å². The Morgan fingerprint density at radius 2 is 1.61 bits per heavy atom. The van der Waals surface area contributed by atoms with E-state index < -0.39 is 0 Å². The number of para-hydroxylation sites is 2. The summed E-state index contributed by atoms with van der Waals surface area (Å²) in [5.41, 5.74) is -0.158. The van der Waals surface area contributed by atoms with Gasteiger partial charge in [-0.3, -0.25) is 9.36 Å². The average molecular weight is 369 g/mol. The molecule has 1 aromatic heterocycles. The van der Waals surface area contributed by atoms with Crippen LogP contribution in [0.5, 0.6) is 5.88 Å². The third kappa shape index (κ3) is 2.36. The van der Waals surface area contributed by atoms with E-state index in [4.69, 9.17) is 0 Å². The zero-order valence-corrected chi connectivity index (χ0v) is 15.5. The van der Waals surface area contributed by atoms with Gasteiger partial charge in [0, 0.05) is 27.9 Å². The summed E-state index contributed by atoms with van der Waals surface area (Å²) in [7, 11) is 0. The molecule has 0 amide bonds. The quantitative estimate of drug-likeness (QED) is 0.603. The Morgan fingerprint density at radius 3 is 2.32 bits per heavy atom. The fourth-order valence-electron chi connectivity index (χ4n) is 3.90. The van der Waals surface area contributed by atoms with Crippen molar-refractivity contribution in [2.45, 2.75) is 26.3 Å². The van der Waals surface area contributed by atoms with Crippen molar-refractivity contribution < 1.29 is 5.11 Å². The third-order valence-corrected chi connectivity index (χ3v) is 5.32. The largest absolute Gasteiger partial charge is 0.494 e. The van der Waals surface area contributed by atoms with Crippen LogP contribution in [0.25, 0.3) is 27.4 Å². The monoisotopic (exact) mass is 369 g/mol. The van der Waals surface area contributed by atoms with E-state index in [1.807, 2.05) is 54.6 Å². The molecule has 28 heavy (non-hydrogen) atoms. The molecule has 4 aromatic rings. The number of pyridine rings is 1. The van der Waals surface area contributed by atoms with Crippen molar-refractivity contribution in [3.63, 3.8) is 0 Å². The second-order valence-electron chi connectivity index (χ2n) is 7.06. The molecule has 3 aromatic carbocycles. The highest BCUT2D eigenvalue weighted by Gasteiger charge is 2.16. The normalized spacial score (nSPS) is 13.0. The van der Waals surface area contributed by atoms with Crippen molar-refractivity contribution in [1.82, 2.24) is 4.57 Å². The van der Waals surface area contributed by atoms with Crippen LogP contribution >= 0.6 is 0 Å². The molecule has 0 aliphatic carbocycles. The molecule has 0 saturated carbocycles. The highest BCUT2D eigenvalue weighted by Crippen LogP contribution is 2.29. The zero-order valence-electron chi connectivity index (χ0n) is 15.5. The van der Waals surface area contributed by atoms with Crippen LogP contribution in [-0.2, 0) is 6.54 Å². The lowest BCUT2D eigenvalue weighted by molar-refractivity contribution is 0.409. The van der Waals surface area contributed by atoms with Gasteiger partial charge in [-0.2, -0.15) is 0 Å². The van der Waals surface area contributed by atoms with Gasteiger partial charge in [-0.05, 0) is 42.1 Å². The van der Waals surface area contributed by atoms with Crippen LogP contribution in [0.15, 0.2) is 69.4 Å². The van der Waals surface area contributed by atoms with E-state index in [2.05, 4.69) is 16.9 Å². The van der Waals surface area contributed by atoms with E-state index in [1.165, 1.54) is 4.57 Å². The molecule has 5 rings (SSSR count). The smallest absolute Gasteiger partial charge is 0.261 e. The Kier molecular flexibility index (Phi) is 3.76. The summed E-state index contributed by atoms with van der Waals surface area (Å²) < 4.78 is 1.48. The lowest BCUT2D eigenvalue weighted by atomic mass is 10.0. The summed E-state index contributed by atoms with van der Waals surface area (Å²) in [4.78, 5) is 22.3. The molecule has 138 valence electrons. The number of aromatic hydroxyl groups is 1. The van der Waals surface area contributed by atoms with Crippen LogP contribution in [0.2, 0.25) is 0 Å². The molecule has 1 aliphatic heterocycles. The Hall–Kier alpha value is -3.47. The van der Waals surface area contributed by atoms with E-state index in [0.717, 1.165) is 39.5 Å². The summed E-state index contributed by atoms with van der Waals surface area (Å²) >= 11 is 0. The predicted molar refractivity (Wildman–Crippen MR) is 110 cm³/mol. The molecule has 0 bridgehead atoms. The molecule has 1 N–H and O–H groups in total. The van der Waals surface area contributed by atoms with E-state index >= 15 is 0 Å². The van der Waals surface area contributed by atoms with Gasteiger partial charge >= 0.3 is 0 Å². The molecular formula is C23H19N3O2. The van der Waals surface area contributed by atoms with E-state index in [9.17, 15) is 9.90 Å². The maximum Gasteiger partial charge on any atom is 0.261 e. The maximum absolute atomic E-state index is 13.0. The highest BCUT2D eigenvalue weighted by molar-refractivity contribution is 6.11. The molecule has 1 aliphatic rings. The van der Waals surface area contributed by atoms with Crippen molar-refractivity contribution in [3.05, 3.63) is 80.9 Å². The molecule has 5 heteroatoms. The van der Waals surface area contributed by atoms with Crippen molar-refractivity contribution in [2.24, 2.45) is 9.98 Å². The number of rotatable bonds is 3. The van der Waals surface area contributed by atoms with Crippen molar-refractivity contribution in [1.29, 1.82) is 0 Å². The molecule has 0 unspecified atom stereocenters. The van der Waals surface area contributed by atoms with Crippen LogP contribution in [0.3, 0.4) is 0 Å². The lowest BCUT2D eigenvalue weighted by Crippen LogP contribution is -2.22. The summed E-state index contributed by atoms with van der Waals surface area (Å²) in [5.74, 6) is 0.660.